The number of rotatable bonds is 5. The van der Waals surface area contributed by atoms with Gasteiger partial charge in [-0.2, -0.15) is 0 Å². The molecule has 7 heteroatoms. The normalized spacial score (nSPS) is 13.7. The molecule has 0 aliphatic heterocycles. The monoisotopic (exact) mass is 272 g/mol. The number of esters is 1. The van der Waals surface area contributed by atoms with Gasteiger partial charge in [0.2, 0.25) is 0 Å². The molecule has 2 atom stereocenters. The van der Waals surface area contributed by atoms with Crippen molar-refractivity contribution in [2.75, 3.05) is 7.11 Å². The zero-order valence-electron chi connectivity index (χ0n) is 10.0. The molecule has 3 N–H and O–H groups in total. The number of ether oxygens (including phenoxy) is 1. The molecule has 1 aromatic rings. The third kappa shape index (κ3) is 3.73. The summed E-state index contributed by atoms with van der Waals surface area (Å²) in [6.07, 6.45) is -4.18. The first-order valence-electron chi connectivity index (χ1n) is 5.32. The Morgan fingerprint density at radius 3 is 2.53 bits per heavy atom. The minimum atomic E-state index is -1.75. The van der Waals surface area contributed by atoms with E-state index in [-0.39, 0.29) is 11.1 Å². The van der Waals surface area contributed by atoms with Crippen LogP contribution >= 0.6 is 0 Å². The van der Waals surface area contributed by atoms with Crippen LogP contribution in [0.4, 0.5) is 4.39 Å². The lowest BCUT2D eigenvalue weighted by molar-refractivity contribution is -0.141. The van der Waals surface area contributed by atoms with Crippen LogP contribution in [-0.4, -0.2) is 40.5 Å². The highest BCUT2D eigenvalue weighted by Crippen LogP contribution is 2.23. The smallest absolute Gasteiger partial charge is 0.337 e. The number of aliphatic carboxylic acids is 1. The van der Waals surface area contributed by atoms with Gasteiger partial charge in [0.15, 0.2) is 0 Å². The van der Waals surface area contributed by atoms with Gasteiger partial charge in [0.25, 0.3) is 0 Å². The first-order valence-corrected chi connectivity index (χ1v) is 5.32. The van der Waals surface area contributed by atoms with Gasteiger partial charge in [0.1, 0.15) is 11.9 Å². The number of halogens is 1. The summed E-state index contributed by atoms with van der Waals surface area (Å²) in [6.45, 7) is 0. The number of hydrogen-bond donors (Lipinski definition) is 3. The van der Waals surface area contributed by atoms with Crippen molar-refractivity contribution in [3.8, 4) is 0 Å². The van der Waals surface area contributed by atoms with Crippen LogP contribution in [0, 0.1) is 5.82 Å². The first kappa shape index (κ1) is 15.1. The van der Waals surface area contributed by atoms with Crippen molar-refractivity contribution in [3.63, 3.8) is 0 Å². The van der Waals surface area contributed by atoms with Crippen molar-refractivity contribution in [3.05, 3.63) is 35.1 Å². The van der Waals surface area contributed by atoms with E-state index >= 15 is 0 Å². The molecule has 0 heterocycles. The lowest BCUT2D eigenvalue weighted by Crippen LogP contribution is -2.23. The minimum Gasteiger partial charge on any atom is -0.481 e. The second kappa shape index (κ2) is 6.26. The Kier molecular flexibility index (Phi) is 4.96. The summed E-state index contributed by atoms with van der Waals surface area (Å²) >= 11 is 0. The molecule has 0 saturated heterocycles. The summed E-state index contributed by atoms with van der Waals surface area (Å²) in [7, 11) is 1.14. The van der Waals surface area contributed by atoms with Crippen molar-refractivity contribution in [2.45, 2.75) is 18.6 Å². The van der Waals surface area contributed by atoms with Gasteiger partial charge in [-0.3, -0.25) is 4.79 Å². The van der Waals surface area contributed by atoms with Crippen LogP contribution in [0.15, 0.2) is 18.2 Å². The number of benzene rings is 1. The van der Waals surface area contributed by atoms with Crippen LogP contribution in [0.1, 0.15) is 28.4 Å². The zero-order chi connectivity index (χ0) is 14.6. The molecule has 1 aromatic carbocycles. The Morgan fingerprint density at radius 1 is 1.37 bits per heavy atom. The number of carbonyl (C=O) groups is 2. The molecule has 1 rings (SSSR count). The number of methoxy groups -OCH3 is 1. The third-order valence-corrected chi connectivity index (χ3v) is 2.48. The predicted molar refractivity (Wildman–Crippen MR) is 61.0 cm³/mol. The Balaban J connectivity index is 3.04. The highest BCUT2D eigenvalue weighted by atomic mass is 19.1. The number of aliphatic hydroxyl groups is 2. The molecule has 0 amide bonds. The quantitative estimate of drug-likeness (QED) is 0.673. The molecule has 0 aliphatic carbocycles. The zero-order valence-corrected chi connectivity index (χ0v) is 10.0. The number of carbonyl (C=O) groups excluding carboxylic acids is 1. The summed E-state index contributed by atoms with van der Waals surface area (Å²) in [5.74, 6) is -2.93. The lowest BCUT2D eigenvalue weighted by atomic mass is 9.99. The molecule has 104 valence electrons. The molecule has 0 aromatic heterocycles. The fraction of sp³-hybridized carbons (Fsp3) is 0.333. The highest BCUT2D eigenvalue weighted by Gasteiger charge is 2.25. The van der Waals surface area contributed by atoms with E-state index < -0.39 is 36.4 Å². The summed E-state index contributed by atoms with van der Waals surface area (Å²) < 4.78 is 18.0. The summed E-state index contributed by atoms with van der Waals surface area (Å²) in [4.78, 5) is 21.7. The van der Waals surface area contributed by atoms with Crippen molar-refractivity contribution < 1.29 is 34.0 Å². The van der Waals surface area contributed by atoms with Crippen LogP contribution in [0.5, 0.6) is 0 Å². The molecule has 0 fully saturated rings. The van der Waals surface area contributed by atoms with E-state index in [1.165, 1.54) is 0 Å². The number of carboxylic acids is 1. The summed E-state index contributed by atoms with van der Waals surface area (Å²) in [5, 5.41) is 27.6. The van der Waals surface area contributed by atoms with Gasteiger partial charge in [0, 0.05) is 5.56 Å². The topological polar surface area (TPSA) is 104 Å². The predicted octanol–water partition coefficient (Wildman–Crippen LogP) is 0.481. The average Bonchev–Trinajstić information content (AvgIpc) is 2.36. The Bertz CT molecular complexity index is 487. The van der Waals surface area contributed by atoms with Gasteiger partial charge < -0.3 is 20.1 Å². The van der Waals surface area contributed by atoms with Crippen molar-refractivity contribution in [1.82, 2.24) is 0 Å². The molecular weight excluding hydrogens is 259 g/mol. The van der Waals surface area contributed by atoms with E-state index in [4.69, 9.17) is 5.11 Å². The lowest BCUT2D eigenvalue weighted by Gasteiger charge is -2.17. The van der Waals surface area contributed by atoms with Gasteiger partial charge in [-0.1, -0.05) is 0 Å². The molecule has 6 nitrogen and oxygen atoms in total. The van der Waals surface area contributed by atoms with Gasteiger partial charge >= 0.3 is 11.9 Å². The van der Waals surface area contributed by atoms with Crippen molar-refractivity contribution >= 4 is 11.9 Å². The third-order valence-electron chi connectivity index (χ3n) is 2.48. The van der Waals surface area contributed by atoms with Gasteiger partial charge in [0.05, 0.1) is 25.2 Å². The van der Waals surface area contributed by atoms with Crippen LogP contribution in [0.2, 0.25) is 0 Å². The largest absolute Gasteiger partial charge is 0.481 e. The second-order valence-electron chi connectivity index (χ2n) is 3.84. The minimum absolute atomic E-state index is 0.0134. The van der Waals surface area contributed by atoms with E-state index in [0.29, 0.717) is 0 Å². The van der Waals surface area contributed by atoms with Gasteiger partial charge in [-0.25, -0.2) is 9.18 Å². The van der Waals surface area contributed by atoms with Crippen molar-refractivity contribution in [2.24, 2.45) is 0 Å². The highest BCUT2D eigenvalue weighted by molar-refractivity contribution is 5.89. The standard InChI is InChI=1S/C12H13FO6/c1-19-12(18)6-2-3-8(13)7(4-6)11(17)9(14)5-10(15)16/h2-4,9,11,14,17H,5H2,1H3,(H,15,16). The van der Waals surface area contributed by atoms with Crippen LogP contribution in [0.25, 0.3) is 0 Å². The van der Waals surface area contributed by atoms with E-state index in [1.54, 1.807) is 0 Å². The van der Waals surface area contributed by atoms with Gasteiger partial charge in [-0.15, -0.1) is 0 Å². The van der Waals surface area contributed by atoms with Gasteiger partial charge in [-0.05, 0) is 18.2 Å². The maximum atomic E-state index is 13.5. The number of aliphatic hydroxyl groups excluding tert-OH is 2. The molecule has 19 heavy (non-hydrogen) atoms. The first-order chi connectivity index (χ1) is 8.86. The molecule has 0 spiro atoms. The Hall–Kier alpha value is -1.99. The molecule has 2 unspecified atom stereocenters. The maximum absolute atomic E-state index is 13.5. The number of carboxylic acid groups (broad SMARTS) is 1. The summed E-state index contributed by atoms with van der Waals surface area (Å²) in [6, 6.07) is 3.09. The second-order valence-corrected chi connectivity index (χ2v) is 3.84. The fourth-order valence-corrected chi connectivity index (χ4v) is 1.51. The molecule has 0 saturated carbocycles. The van der Waals surface area contributed by atoms with Crippen LogP contribution in [-0.2, 0) is 9.53 Å². The molecule has 0 aliphatic rings. The van der Waals surface area contributed by atoms with E-state index in [9.17, 15) is 24.2 Å². The Labute approximate surface area is 108 Å². The Morgan fingerprint density at radius 2 is 2.00 bits per heavy atom. The van der Waals surface area contributed by atoms with E-state index in [1.807, 2.05) is 0 Å². The molecule has 0 bridgehead atoms. The fourth-order valence-electron chi connectivity index (χ4n) is 1.51. The molecular formula is C12H13FO6. The van der Waals surface area contributed by atoms with Crippen LogP contribution in [0.3, 0.4) is 0 Å². The summed E-state index contributed by atoms with van der Waals surface area (Å²) in [5.41, 5.74) is -0.378. The van der Waals surface area contributed by atoms with Crippen LogP contribution < -0.4 is 0 Å². The number of hydrogen-bond acceptors (Lipinski definition) is 5. The van der Waals surface area contributed by atoms with E-state index in [0.717, 1.165) is 25.3 Å². The van der Waals surface area contributed by atoms with E-state index in [2.05, 4.69) is 4.74 Å². The van der Waals surface area contributed by atoms with Crippen molar-refractivity contribution in [1.29, 1.82) is 0 Å². The SMILES string of the molecule is COC(=O)c1ccc(F)c(C(O)C(O)CC(=O)O)c1. The average molecular weight is 272 g/mol. The maximum Gasteiger partial charge on any atom is 0.337 e. The molecule has 0 radical (unpaired) electrons.